The Labute approximate surface area is 91.9 Å². The maximum absolute atomic E-state index is 13.5. The first-order valence-electron chi connectivity index (χ1n) is 4.91. The molecule has 1 atom stereocenters. The van der Waals surface area contributed by atoms with Crippen LogP contribution in [0, 0.1) is 23.4 Å². The fourth-order valence-corrected chi connectivity index (χ4v) is 1.52. The minimum atomic E-state index is -1.70. The van der Waals surface area contributed by atoms with Gasteiger partial charge in [-0.05, 0) is 12.0 Å². The summed E-state index contributed by atoms with van der Waals surface area (Å²) in [6, 6.07) is 1.79. The molecule has 0 aliphatic rings. The molecule has 16 heavy (non-hydrogen) atoms. The summed E-state index contributed by atoms with van der Waals surface area (Å²) >= 11 is 0. The second-order valence-electron chi connectivity index (χ2n) is 4.01. The molecule has 2 nitrogen and oxygen atoms in total. The van der Waals surface area contributed by atoms with Gasteiger partial charge in [0, 0.05) is 12.1 Å². The molecule has 0 saturated carbocycles. The monoisotopic (exact) mass is 233 g/mol. The van der Waals surface area contributed by atoms with Crippen LogP contribution in [-0.4, -0.2) is 11.7 Å². The van der Waals surface area contributed by atoms with Crippen molar-refractivity contribution in [1.29, 1.82) is 0 Å². The van der Waals surface area contributed by atoms with Gasteiger partial charge in [-0.3, -0.25) is 0 Å². The van der Waals surface area contributed by atoms with E-state index < -0.39 is 29.0 Å². The molecule has 0 radical (unpaired) electrons. The lowest BCUT2D eigenvalue weighted by molar-refractivity contribution is -0.00504. The van der Waals surface area contributed by atoms with Crippen molar-refractivity contribution in [2.24, 2.45) is 11.7 Å². The first-order valence-corrected chi connectivity index (χ1v) is 4.91. The smallest absolute Gasteiger partial charge is 0.194 e. The van der Waals surface area contributed by atoms with Crippen LogP contribution >= 0.6 is 0 Å². The Morgan fingerprint density at radius 3 is 2.25 bits per heavy atom. The minimum absolute atomic E-state index is 0.271. The van der Waals surface area contributed by atoms with E-state index in [9.17, 15) is 18.3 Å². The molecule has 1 unspecified atom stereocenters. The Morgan fingerprint density at radius 2 is 1.81 bits per heavy atom. The SMILES string of the molecule is CC(C)C(O)(CN)c1ccc(F)c(F)c1F. The maximum atomic E-state index is 13.5. The highest BCUT2D eigenvalue weighted by Crippen LogP contribution is 2.31. The lowest BCUT2D eigenvalue weighted by Gasteiger charge is -2.31. The third-order valence-electron chi connectivity index (χ3n) is 2.77. The van der Waals surface area contributed by atoms with E-state index >= 15 is 0 Å². The summed E-state index contributed by atoms with van der Waals surface area (Å²) in [4.78, 5) is 0. The molecule has 90 valence electrons. The topological polar surface area (TPSA) is 46.2 Å². The zero-order valence-electron chi connectivity index (χ0n) is 9.10. The lowest BCUT2D eigenvalue weighted by atomic mass is 9.83. The molecule has 0 spiro atoms. The van der Waals surface area contributed by atoms with E-state index in [0.29, 0.717) is 0 Å². The van der Waals surface area contributed by atoms with Crippen LogP contribution in [0.25, 0.3) is 0 Å². The van der Waals surface area contributed by atoms with Gasteiger partial charge in [-0.15, -0.1) is 0 Å². The third-order valence-corrected chi connectivity index (χ3v) is 2.77. The molecule has 1 aromatic rings. The molecular formula is C11H14F3NO. The Kier molecular flexibility index (Phi) is 3.60. The van der Waals surface area contributed by atoms with Crippen LogP contribution < -0.4 is 5.73 Å². The van der Waals surface area contributed by atoms with Gasteiger partial charge >= 0.3 is 0 Å². The highest BCUT2D eigenvalue weighted by molar-refractivity contribution is 5.27. The second kappa shape index (κ2) is 4.43. The van der Waals surface area contributed by atoms with E-state index in [1.165, 1.54) is 0 Å². The molecule has 1 aromatic carbocycles. The zero-order chi connectivity index (χ0) is 12.5. The minimum Gasteiger partial charge on any atom is -0.383 e. The van der Waals surface area contributed by atoms with Crippen molar-refractivity contribution in [3.63, 3.8) is 0 Å². The second-order valence-corrected chi connectivity index (χ2v) is 4.01. The maximum Gasteiger partial charge on any atom is 0.194 e. The van der Waals surface area contributed by atoms with Crippen molar-refractivity contribution >= 4 is 0 Å². The predicted molar refractivity (Wildman–Crippen MR) is 54.1 cm³/mol. The normalized spacial score (nSPS) is 15.2. The van der Waals surface area contributed by atoms with Crippen LogP contribution in [-0.2, 0) is 5.60 Å². The molecule has 3 N–H and O–H groups in total. The van der Waals surface area contributed by atoms with Gasteiger partial charge in [0.05, 0.1) is 0 Å². The van der Waals surface area contributed by atoms with E-state index in [1.54, 1.807) is 13.8 Å². The number of benzene rings is 1. The standard InChI is InChI=1S/C11H14F3NO/c1-6(2)11(16,5-15)7-3-4-8(12)10(14)9(7)13/h3-4,6,16H,5,15H2,1-2H3. The first-order chi connectivity index (χ1) is 7.34. The first kappa shape index (κ1) is 13.0. The summed E-state index contributed by atoms with van der Waals surface area (Å²) in [5.74, 6) is -4.69. The number of aliphatic hydroxyl groups is 1. The number of halogens is 3. The molecular weight excluding hydrogens is 219 g/mol. The molecule has 0 saturated heterocycles. The molecule has 5 heteroatoms. The van der Waals surface area contributed by atoms with E-state index in [0.717, 1.165) is 12.1 Å². The Morgan fingerprint density at radius 1 is 1.25 bits per heavy atom. The summed E-state index contributed by atoms with van der Waals surface area (Å²) in [5.41, 5.74) is 3.35. The number of rotatable bonds is 3. The quantitative estimate of drug-likeness (QED) is 0.783. The van der Waals surface area contributed by atoms with Gasteiger partial charge in [-0.2, -0.15) is 0 Å². The average molecular weight is 233 g/mol. The fraction of sp³-hybridized carbons (Fsp3) is 0.455. The summed E-state index contributed by atoms with van der Waals surface area (Å²) in [6.07, 6.45) is 0. The molecule has 0 bridgehead atoms. The van der Waals surface area contributed by atoms with E-state index in [2.05, 4.69) is 0 Å². The predicted octanol–water partition coefficient (Wildman–Crippen LogP) is 1.91. The summed E-state index contributed by atoms with van der Waals surface area (Å²) < 4.78 is 39.2. The van der Waals surface area contributed by atoms with Crippen LogP contribution in [0.15, 0.2) is 12.1 Å². The van der Waals surface area contributed by atoms with Crippen molar-refractivity contribution in [2.45, 2.75) is 19.4 Å². The number of nitrogens with two attached hydrogens (primary N) is 1. The Bertz CT molecular complexity index is 395. The zero-order valence-corrected chi connectivity index (χ0v) is 9.10. The Balaban J connectivity index is 3.38. The van der Waals surface area contributed by atoms with Crippen LogP contribution in [0.4, 0.5) is 13.2 Å². The van der Waals surface area contributed by atoms with Gasteiger partial charge in [0.15, 0.2) is 17.5 Å². The van der Waals surface area contributed by atoms with Gasteiger partial charge < -0.3 is 10.8 Å². The molecule has 0 heterocycles. The van der Waals surface area contributed by atoms with Gasteiger partial charge in [-0.25, -0.2) is 13.2 Å². The van der Waals surface area contributed by atoms with Gasteiger partial charge in [0.25, 0.3) is 0 Å². The van der Waals surface area contributed by atoms with E-state index in [1.807, 2.05) is 0 Å². The molecule has 0 fully saturated rings. The van der Waals surface area contributed by atoms with Crippen molar-refractivity contribution in [2.75, 3.05) is 6.54 Å². The van der Waals surface area contributed by atoms with Crippen LogP contribution in [0.5, 0.6) is 0 Å². The van der Waals surface area contributed by atoms with Gasteiger partial charge in [0.1, 0.15) is 5.60 Å². The Hall–Kier alpha value is -1.07. The summed E-state index contributed by atoms with van der Waals surface area (Å²) in [5, 5.41) is 10.1. The van der Waals surface area contributed by atoms with Crippen molar-refractivity contribution < 1.29 is 18.3 Å². The molecule has 0 aromatic heterocycles. The highest BCUT2D eigenvalue weighted by atomic mass is 19.2. The molecule has 0 aliphatic carbocycles. The van der Waals surface area contributed by atoms with Crippen LogP contribution in [0.2, 0.25) is 0 Å². The largest absolute Gasteiger partial charge is 0.383 e. The number of hydrogen-bond donors (Lipinski definition) is 2. The lowest BCUT2D eigenvalue weighted by Crippen LogP contribution is -2.41. The van der Waals surface area contributed by atoms with E-state index in [-0.39, 0.29) is 12.1 Å². The number of hydrogen-bond acceptors (Lipinski definition) is 2. The fourth-order valence-electron chi connectivity index (χ4n) is 1.52. The summed E-state index contributed by atoms with van der Waals surface area (Å²) in [6.45, 7) is 2.97. The summed E-state index contributed by atoms with van der Waals surface area (Å²) in [7, 11) is 0. The average Bonchev–Trinajstić information content (AvgIpc) is 2.25. The van der Waals surface area contributed by atoms with Crippen molar-refractivity contribution in [3.05, 3.63) is 35.1 Å². The van der Waals surface area contributed by atoms with Crippen LogP contribution in [0.1, 0.15) is 19.4 Å². The molecule has 0 amide bonds. The van der Waals surface area contributed by atoms with E-state index in [4.69, 9.17) is 5.73 Å². The van der Waals surface area contributed by atoms with Crippen molar-refractivity contribution in [3.8, 4) is 0 Å². The molecule has 1 rings (SSSR count). The highest BCUT2D eigenvalue weighted by Gasteiger charge is 2.35. The van der Waals surface area contributed by atoms with Gasteiger partial charge in [0.2, 0.25) is 0 Å². The third kappa shape index (κ3) is 1.92. The van der Waals surface area contributed by atoms with Crippen LogP contribution in [0.3, 0.4) is 0 Å². The molecule has 0 aliphatic heterocycles. The van der Waals surface area contributed by atoms with Gasteiger partial charge in [-0.1, -0.05) is 19.9 Å². The van der Waals surface area contributed by atoms with Crippen molar-refractivity contribution in [1.82, 2.24) is 0 Å².